The van der Waals surface area contributed by atoms with Crippen molar-refractivity contribution >= 4 is 12.0 Å². The van der Waals surface area contributed by atoms with Crippen LogP contribution < -0.4 is 5.73 Å². The fourth-order valence-corrected chi connectivity index (χ4v) is 2.98. The molecule has 7 nitrogen and oxygen atoms in total. The number of hydrogen-bond acceptors (Lipinski definition) is 7. The Morgan fingerprint density at radius 1 is 1.33 bits per heavy atom. The van der Waals surface area contributed by atoms with Crippen LogP contribution in [0.1, 0.15) is 43.6 Å². The maximum Gasteiger partial charge on any atom is 0.220 e. The highest BCUT2D eigenvalue weighted by Crippen LogP contribution is 2.25. The van der Waals surface area contributed by atoms with Crippen LogP contribution in [-0.2, 0) is 11.2 Å². The van der Waals surface area contributed by atoms with Crippen LogP contribution in [0.3, 0.4) is 0 Å². The van der Waals surface area contributed by atoms with Crippen molar-refractivity contribution in [3.8, 4) is 0 Å². The summed E-state index contributed by atoms with van der Waals surface area (Å²) in [5, 5.41) is 28.4. The summed E-state index contributed by atoms with van der Waals surface area (Å²) < 4.78 is 5.25. The second-order valence-corrected chi connectivity index (χ2v) is 6.28. The SMILES string of the molecule is CCCC(O)C1OC(C)C(O)C1O.Cc1nc(N)nc2c1C=CC2. The molecule has 1 aromatic rings. The lowest BCUT2D eigenvalue weighted by Gasteiger charge is -2.20. The summed E-state index contributed by atoms with van der Waals surface area (Å²) in [5.74, 6) is 0.380. The van der Waals surface area contributed by atoms with Crippen molar-refractivity contribution in [2.45, 2.75) is 70.6 Å². The van der Waals surface area contributed by atoms with Gasteiger partial charge in [0, 0.05) is 12.0 Å². The Kier molecular flexibility index (Phi) is 6.28. The lowest BCUT2D eigenvalue weighted by atomic mass is 10.0. The second-order valence-electron chi connectivity index (χ2n) is 6.28. The van der Waals surface area contributed by atoms with Gasteiger partial charge in [-0.25, -0.2) is 9.97 Å². The lowest BCUT2D eigenvalue weighted by Crippen LogP contribution is -2.38. The van der Waals surface area contributed by atoms with Crippen LogP contribution in [-0.4, -0.2) is 55.8 Å². The van der Waals surface area contributed by atoms with Crippen molar-refractivity contribution in [2.75, 3.05) is 5.73 Å². The molecular weight excluding hydrogens is 310 g/mol. The highest BCUT2D eigenvalue weighted by atomic mass is 16.6. The van der Waals surface area contributed by atoms with E-state index in [1.54, 1.807) is 6.92 Å². The first-order chi connectivity index (χ1) is 11.3. The van der Waals surface area contributed by atoms with Gasteiger partial charge in [0.15, 0.2) is 0 Å². The van der Waals surface area contributed by atoms with E-state index in [4.69, 9.17) is 10.5 Å². The summed E-state index contributed by atoms with van der Waals surface area (Å²) in [6.45, 7) is 5.59. The summed E-state index contributed by atoms with van der Waals surface area (Å²) in [7, 11) is 0. The van der Waals surface area contributed by atoms with Gasteiger partial charge in [0.1, 0.15) is 18.3 Å². The maximum atomic E-state index is 9.56. The van der Waals surface area contributed by atoms with Crippen molar-refractivity contribution in [1.82, 2.24) is 9.97 Å². The molecule has 3 rings (SSSR count). The van der Waals surface area contributed by atoms with Crippen molar-refractivity contribution in [3.05, 3.63) is 23.0 Å². The number of nitrogens with two attached hydrogens (primary N) is 1. The molecule has 0 radical (unpaired) electrons. The van der Waals surface area contributed by atoms with E-state index < -0.39 is 30.5 Å². The maximum absolute atomic E-state index is 9.56. The topological polar surface area (TPSA) is 122 Å². The zero-order chi connectivity index (χ0) is 17.9. The molecule has 2 heterocycles. The smallest absolute Gasteiger partial charge is 0.220 e. The Morgan fingerprint density at radius 3 is 2.62 bits per heavy atom. The third kappa shape index (κ3) is 4.10. The number of aliphatic hydroxyl groups excluding tert-OH is 3. The zero-order valence-electron chi connectivity index (χ0n) is 14.4. The molecule has 0 spiro atoms. The molecule has 5 atom stereocenters. The summed E-state index contributed by atoms with van der Waals surface area (Å²) in [5.41, 5.74) is 8.64. The summed E-state index contributed by atoms with van der Waals surface area (Å²) in [6, 6.07) is 0. The van der Waals surface area contributed by atoms with Gasteiger partial charge in [-0.1, -0.05) is 25.5 Å². The van der Waals surface area contributed by atoms with E-state index in [0.717, 1.165) is 29.8 Å². The minimum Gasteiger partial charge on any atom is -0.390 e. The summed E-state index contributed by atoms with van der Waals surface area (Å²) >= 11 is 0. The molecule has 5 unspecified atom stereocenters. The first-order valence-electron chi connectivity index (χ1n) is 8.34. The molecule has 2 aliphatic rings. The van der Waals surface area contributed by atoms with E-state index in [0.29, 0.717) is 12.4 Å². The first-order valence-corrected chi connectivity index (χ1v) is 8.34. The van der Waals surface area contributed by atoms with Gasteiger partial charge in [0.25, 0.3) is 0 Å². The van der Waals surface area contributed by atoms with Gasteiger partial charge in [0.05, 0.1) is 23.6 Å². The highest BCUT2D eigenvalue weighted by molar-refractivity contribution is 5.60. The van der Waals surface area contributed by atoms with Crippen molar-refractivity contribution in [1.29, 1.82) is 0 Å². The Bertz CT molecular complexity index is 593. The Morgan fingerprint density at radius 2 is 2.04 bits per heavy atom. The third-order valence-electron chi connectivity index (χ3n) is 4.33. The van der Waals surface area contributed by atoms with Gasteiger partial charge in [-0.05, 0) is 20.3 Å². The zero-order valence-corrected chi connectivity index (χ0v) is 14.4. The average Bonchev–Trinajstić information content (AvgIpc) is 3.09. The summed E-state index contributed by atoms with van der Waals surface area (Å²) in [6.07, 6.45) is 2.88. The van der Waals surface area contributed by atoms with Crippen LogP contribution in [0.15, 0.2) is 6.08 Å². The fraction of sp³-hybridized carbons (Fsp3) is 0.647. The molecule has 5 N–H and O–H groups in total. The number of aromatic nitrogens is 2. The number of aryl methyl sites for hydroxylation is 1. The van der Waals surface area contributed by atoms with Crippen molar-refractivity contribution in [2.24, 2.45) is 0 Å². The van der Waals surface area contributed by atoms with Crippen molar-refractivity contribution in [3.63, 3.8) is 0 Å². The number of anilines is 1. The predicted molar refractivity (Wildman–Crippen MR) is 91.2 cm³/mol. The van der Waals surface area contributed by atoms with Crippen LogP contribution in [0.2, 0.25) is 0 Å². The van der Waals surface area contributed by atoms with Gasteiger partial charge in [-0.3, -0.25) is 0 Å². The van der Waals surface area contributed by atoms with Crippen molar-refractivity contribution < 1.29 is 20.1 Å². The molecule has 1 aliphatic carbocycles. The predicted octanol–water partition coefficient (Wildman–Crippen LogP) is 0.593. The molecule has 1 aromatic heterocycles. The van der Waals surface area contributed by atoms with E-state index in [9.17, 15) is 15.3 Å². The number of allylic oxidation sites excluding steroid dienone is 1. The number of fused-ring (bicyclic) bond motifs is 1. The van der Waals surface area contributed by atoms with Gasteiger partial charge in [-0.15, -0.1) is 0 Å². The van der Waals surface area contributed by atoms with Crippen LogP contribution in [0.5, 0.6) is 0 Å². The van der Waals surface area contributed by atoms with E-state index in [1.165, 1.54) is 0 Å². The minimum atomic E-state index is -0.962. The average molecular weight is 337 g/mol. The number of ether oxygens (including phenoxy) is 1. The van der Waals surface area contributed by atoms with E-state index >= 15 is 0 Å². The Balaban J connectivity index is 0.000000175. The van der Waals surface area contributed by atoms with Crippen LogP contribution in [0.4, 0.5) is 5.95 Å². The molecule has 1 fully saturated rings. The number of rotatable bonds is 3. The number of nitrogens with zero attached hydrogens (tertiary/aromatic N) is 2. The van der Waals surface area contributed by atoms with E-state index in [-0.39, 0.29) is 0 Å². The molecule has 7 heteroatoms. The molecule has 134 valence electrons. The molecule has 0 saturated carbocycles. The Labute approximate surface area is 142 Å². The third-order valence-corrected chi connectivity index (χ3v) is 4.33. The molecule has 0 amide bonds. The number of nitrogen functional groups attached to an aromatic ring is 1. The summed E-state index contributed by atoms with van der Waals surface area (Å²) in [4.78, 5) is 8.18. The molecule has 1 saturated heterocycles. The number of hydrogen-bond donors (Lipinski definition) is 4. The lowest BCUT2D eigenvalue weighted by molar-refractivity contribution is -0.0645. The largest absolute Gasteiger partial charge is 0.390 e. The number of aliphatic hydroxyl groups is 3. The second kappa shape index (κ2) is 8.02. The normalized spacial score (nSPS) is 29.1. The first kappa shape index (κ1) is 18.8. The Hall–Kier alpha value is -1.54. The van der Waals surface area contributed by atoms with Crippen LogP contribution in [0, 0.1) is 6.92 Å². The van der Waals surface area contributed by atoms with Gasteiger partial charge >= 0.3 is 0 Å². The van der Waals surface area contributed by atoms with E-state index in [2.05, 4.69) is 16.0 Å². The molecule has 1 aliphatic heterocycles. The monoisotopic (exact) mass is 337 g/mol. The quantitative estimate of drug-likeness (QED) is 0.637. The molecular formula is C17H27N3O4. The standard InChI is InChI=1S/C9H18O4.C8H9N3/c1-3-4-6(10)9-8(12)7(11)5(2)13-9;1-5-6-3-2-4-7(6)11-8(9)10-5/h5-12H,3-4H2,1-2H3;2-3H,4H2,1H3,(H2,9,10,11). The molecule has 24 heavy (non-hydrogen) atoms. The minimum absolute atomic E-state index is 0.380. The van der Waals surface area contributed by atoms with Crippen LogP contribution >= 0.6 is 0 Å². The molecule has 0 bridgehead atoms. The van der Waals surface area contributed by atoms with Crippen LogP contribution in [0.25, 0.3) is 6.08 Å². The molecule has 0 aromatic carbocycles. The highest BCUT2D eigenvalue weighted by Gasteiger charge is 2.43. The van der Waals surface area contributed by atoms with Gasteiger partial charge in [0.2, 0.25) is 5.95 Å². The van der Waals surface area contributed by atoms with E-state index in [1.807, 2.05) is 19.9 Å². The van der Waals surface area contributed by atoms with Gasteiger partial charge in [-0.2, -0.15) is 0 Å². The van der Waals surface area contributed by atoms with Gasteiger partial charge < -0.3 is 25.8 Å². The fourth-order valence-electron chi connectivity index (χ4n) is 2.98.